The number of aromatic nitrogens is 2. The van der Waals surface area contributed by atoms with E-state index < -0.39 is 0 Å². The summed E-state index contributed by atoms with van der Waals surface area (Å²) < 4.78 is 9.12. The second-order valence-corrected chi connectivity index (χ2v) is 19.4. The summed E-state index contributed by atoms with van der Waals surface area (Å²) in [5, 5.41) is 2.46. The van der Waals surface area contributed by atoms with E-state index in [1.165, 1.54) is 50.1 Å². The highest BCUT2D eigenvalue weighted by Crippen LogP contribution is 2.47. The number of hydrogen-bond acceptors (Lipinski definition) is 4. The minimum atomic E-state index is -0.0381. The lowest BCUT2D eigenvalue weighted by atomic mass is 9.84. The van der Waals surface area contributed by atoms with Gasteiger partial charge in [-0.05, 0) is 118 Å². The van der Waals surface area contributed by atoms with E-state index in [0.717, 1.165) is 40.5 Å². The van der Waals surface area contributed by atoms with Crippen molar-refractivity contribution in [1.82, 2.24) is 9.55 Å². The predicted molar refractivity (Wildman–Crippen MR) is 242 cm³/mol. The number of rotatable bonds is 7. The van der Waals surface area contributed by atoms with E-state index >= 15 is 0 Å². The largest absolute Gasteiger partial charge is 0.457 e. The third kappa shape index (κ3) is 7.41. The number of benzene rings is 5. The number of fused-ring (bicyclic) bond motifs is 4. The van der Waals surface area contributed by atoms with E-state index in [1.807, 2.05) is 6.20 Å². The topological polar surface area (TPSA) is 33.5 Å². The van der Waals surface area contributed by atoms with Crippen LogP contribution < -0.4 is 14.5 Å². The summed E-state index contributed by atoms with van der Waals surface area (Å²) in [6.45, 7) is 25.8. The maximum atomic E-state index is 6.80. The van der Waals surface area contributed by atoms with E-state index in [2.05, 4.69) is 206 Å². The minimum absolute atomic E-state index is 0.00828. The summed E-state index contributed by atoms with van der Waals surface area (Å²) in [5.41, 5.74) is 12.2. The summed E-state index contributed by atoms with van der Waals surface area (Å²) in [7, 11) is 0. The Hall–Kier alpha value is -5.55. The maximum absolute atomic E-state index is 6.80. The molecule has 0 unspecified atom stereocenters. The molecule has 0 saturated heterocycles. The van der Waals surface area contributed by atoms with Crippen LogP contribution in [0.5, 0.6) is 11.5 Å². The van der Waals surface area contributed by atoms with Crippen molar-refractivity contribution < 1.29 is 4.74 Å². The van der Waals surface area contributed by atoms with Crippen molar-refractivity contribution in [2.75, 3.05) is 16.5 Å². The number of nitrogens with zero attached hydrogens (tertiary/aromatic N) is 4. The van der Waals surface area contributed by atoms with Gasteiger partial charge in [-0.1, -0.05) is 113 Å². The first kappa shape index (κ1) is 38.3. The van der Waals surface area contributed by atoms with Crippen molar-refractivity contribution in [2.24, 2.45) is 5.92 Å². The number of anilines is 4. The molecule has 1 aliphatic rings. The first-order valence-electron chi connectivity index (χ1n) is 20.6. The van der Waals surface area contributed by atoms with Crippen molar-refractivity contribution in [3.05, 3.63) is 144 Å². The molecule has 5 heteroatoms. The number of hydrogen-bond donors (Lipinski definition) is 0. The van der Waals surface area contributed by atoms with Gasteiger partial charge >= 0.3 is 0 Å². The quantitative estimate of drug-likeness (QED) is 0.162. The molecule has 0 atom stereocenters. The molecule has 8 rings (SSSR count). The predicted octanol–water partition coefficient (Wildman–Crippen LogP) is 14.3. The van der Waals surface area contributed by atoms with E-state index in [-0.39, 0.29) is 16.2 Å². The number of ether oxygens (including phenoxy) is 1. The molecular formula is C52H58N4O. The van der Waals surface area contributed by atoms with E-state index in [1.54, 1.807) is 0 Å². The van der Waals surface area contributed by atoms with Crippen LogP contribution >= 0.6 is 0 Å². The molecule has 3 heterocycles. The summed E-state index contributed by atoms with van der Waals surface area (Å²) in [6.07, 6.45) is 2.98. The zero-order valence-electron chi connectivity index (χ0n) is 35.7. The fourth-order valence-corrected chi connectivity index (χ4v) is 8.33. The molecule has 1 aliphatic heterocycles. The van der Waals surface area contributed by atoms with Crippen molar-refractivity contribution in [1.29, 1.82) is 0 Å². The van der Waals surface area contributed by atoms with Gasteiger partial charge < -0.3 is 14.5 Å². The molecule has 5 aromatic carbocycles. The molecule has 0 N–H and O–H groups in total. The van der Waals surface area contributed by atoms with Crippen LogP contribution in [-0.4, -0.2) is 16.2 Å². The second-order valence-electron chi connectivity index (χ2n) is 19.4. The molecule has 0 fully saturated rings. The van der Waals surface area contributed by atoms with Crippen LogP contribution in [0.2, 0.25) is 0 Å². The zero-order valence-corrected chi connectivity index (χ0v) is 35.7. The van der Waals surface area contributed by atoms with Gasteiger partial charge in [-0.25, -0.2) is 4.98 Å². The molecule has 7 aromatic rings. The Kier molecular flexibility index (Phi) is 9.50. The second kappa shape index (κ2) is 14.1. The highest BCUT2D eigenvalue weighted by atomic mass is 16.5. The Morgan fingerprint density at radius 2 is 1.26 bits per heavy atom. The van der Waals surface area contributed by atoms with Crippen LogP contribution in [0.15, 0.2) is 121 Å². The molecule has 0 spiro atoms. The van der Waals surface area contributed by atoms with E-state index in [9.17, 15) is 0 Å². The SMILES string of the molecule is CC(C)Cc1ccc2c(c1)N(c1cccc(Oc3ccc4c5c(C(C)(C)C)cccc5n(-c5cc(C(C)(C)C)ccn5)c4c3)c1)CN2c1cccc(C(C)(C)C)c1. The molecule has 0 aliphatic carbocycles. The molecule has 2 aromatic heterocycles. The Morgan fingerprint density at radius 3 is 1.98 bits per heavy atom. The Bertz CT molecular complexity index is 2610. The molecule has 292 valence electrons. The average Bonchev–Trinajstić information content (AvgIpc) is 3.69. The lowest BCUT2D eigenvalue weighted by Crippen LogP contribution is -2.24. The van der Waals surface area contributed by atoms with Gasteiger partial charge in [-0.15, -0.1) is 0 Å². The fraction of sp³-hybridized carbons (Fsp3) is 0.327. The summed E-state index contributed by atoms with van der Waals surface area (Å²) in [4.78, 5) is 9.83. The van der Waals surface area contributed by atoms with Gasteiger partial charge in [0.15, 0.2) is 0 Å². The lowest BCUT2D eigenvalue weighted by Gasteiger charge is -2.25. The monoisotopic (exact) mass is 754 g/mol. The van der Waals surface area contributed by atoms with Crippen molar-refractivity contribution in [3.63, 3.8) is 0 Å². The molecule has 0 amide bonds. The Labute approximate surface area is 339 Å². The normalized spacial score (nSPS) is 13.6. The van der Waals surface area contributed by atoms with Gasteiger partial charge in [0, 0.05) is 40.5 Å². The fourth-order valence-electron chi connectivity index (χ4n) is 8.33. The molecule has 0 bridgehead atoms. The van der Waals surface area contributed by atoms with Crippen LogP contribution in [0.4, 0.5) is 22.7 Å². The molecule has 5 nitrogen and oxygen atoms in total. The maximum Gasteiger partial charge on any atom is 0.137 e. The Morgan fingerprint density at radius 1 is 0.596 bits per heavy atom. The minimum Gasteiger partial charge on any atom is -0.457 e. The van der Waals surface area contributed by atoms with Gasteiger partial charge in [0.2, 0.25) is 0 Å². The molecule has 0 radical (unpaired) electrons. The first-order valence-corrected chi connectivity index (χ1v) is 20.6. The summed E-state index contributed by atoms with van der Waals surface area (Å²) in [6, 6.07) is 42.1. The van der Waals surface area contributed by atoms with E-state index in [4.69, 9.17) is 9.72 Å². The lowest BCUT2D eigenvalue weighted by molar-refractivity contribution is 0.483. The first-order chi connectivity index (χ1) is 27.0. The van der Waals surface area contributed by atoms with Gasteiger partial charge in [0.25, 0.3) is 0 Å². The van der Waals surface area contributed by atoms with Gasteiger partial charge in [0.1, 0.15) is 24.0 Å². The van der Waals surface area contributed by atoms with Gasteiger partial charge in [0.05, 0.1) is 22.4 Å². The third-order valence-corrected chi connectivity index (χ3v) is 11.3. The Balaban J connectivity index is 1.20. The van der Waals surface area contributed by atoms with Crippen molar-refractivity contribution in [3.8, 4) is 17.3 Å². The van der Waals surface area contributed by atoms with E-state index in [0.29, 0.717) is 12.6 Å². The van der Waals surface area contributed by atoms with Gasteiger partial charge in [-0.3, -0.25) is 4.57 Å². The summed E-state index contributed by atoms with van der Waals surface area (Å²) in [5.74, 6) is 3.07. The molecule has 0 saturated carbocycles. The highest BCUT2D eigenvalue weighted by Gasteiger charge is 2.30. The third-order valence-electron chi connectivity index (χ3n) is 11.3. The standard InChI is InChI=1S/C52H58N4O/c1-34(2)27-35-21-24-44-47(28-35)55(33-54(44)38-16-12-15-36(29-38)50(3,4)5)39-17-13-18-40(31-39)57-41-22-23-42-46(32-41)56(48-30-37(25-26-53-48)51(6,7)8)45-20-14-19-43(49(42)45)52(9,10)11/h12-26,28-32,34H,27,33H2,1-11H3. The zero-order chi connectivity index (χ0) is 40.4. The summed E-state index contributed by atoms with van der Waals surface area (Å²) >= 11 is 0. The molecule has 57 heavy (non-hydrogen) atoms. The highest BCUT2D eigenvalue weighted by molar-refractivity contribution is 6.11. The van der Waals surface area contributed by atoms with Crippen LogP contribution in [-0.2, 0) is 22.7 Å². The average molecular weight is 755 g/mol. The molecular weight excluding hydrogens is 697 g/mol. The van der Waals surface area contributed by atoms with Crippen molar-refractivity contribution in [2.45, 2.75) is 98.8 Å². The van der Waals surface area contributed by atoms with Crippen LogP contribution in [0.1, 0.15) is 98.4 Å². The van der Waals surface area contributed by atoms with Crippen molar-refractivity contribution >= 4 is 44.6 Å². The van der Waals surface area contributed by atoms with Crippen LogP contribution in [0.25, 0.3) is 27.6 Å². The van der Waals surface area contributed by atoms with Crippen LogP contribution in [0, 0.1) is 5.92 Å². The smallest absolute Gasteiger partial charge is 0.137 e. The van der Waals surface area contributed by atoms with Gasteiger partial charge in [-0.2, -0.15) is 0 Å². The van der Waals surface area contributed by atoms with Crippen LogP contribution in [0.3, 0.4) is 0 Å². The number of pyridine rings is 1.